The lowest BCUT2D eigenvalue weighted by atomic mass is 9.74. The first kappa shape index (κ1) is 18.4. The quantitative estimate of drug-likeness (QED) is 0.810. The molecular formula is C16H20F4O2S. The number of ether oxygens (including phenoxy) is 1. The molecule has 0 aliphatic carbocycles. The average Bonchev–Trinajstić information content (AvgIpc) is 2.83. The fourth-order valence-corrected chi connectivity index (χ4v) is 3.81. The Hall–Kier alpha value is -0.950. The monoisotopic (exact) mass is 352 g/mol. The van der Waals surface area contributed by atoms with Crippen molar-refractivity contribution in [2.45, 2.75) is 43.9 Å². The second-order valence-corrected chi connectivity index (χ2v) is 7.43. The van der Waals surface area contributed by atoms with Crippen LogP contribution in [0.25, 0.3) is 0 Å². The maximum absolute atomic E-state index is 13.8. The number of hydrogen-bond donors (Lipinski definition) is 1. The van der Waals surface area contributed by atoms with Crippen LogP contribution in [0.3, 0.4) is 0 Å². The third kappa shape index (κ3) is 3.60. The van der Waals surface area contributed by atoms with E-state index in [4.69, 9.17) is 4.74 Å². The third-order valence-corrected chi connectivity index (χ3v) is 4.89. The van der Waals surface area contributed by atoms with E-state index in [0.29, 0.717) is 29.9 Å². The average molecular weight is 352 g/mol. The summed E-state index contributed by atoms with van der Waals surface area (Å²) in [5, 5.41) is 10.2. The van der Waals surface area contributed by atoms with Gasteiger partial charge in [0, 0.05) is 23.3 Å². The van der Waals surface area contributed by atoms with Crippen molar-refractivity contribution in [3.05, 3.63) is 29.1 Å². The summed E-state index contributed by atoms with van der Waals surface area (Å²) in [6.07, 6.45) is -3.29. The highest BCUT2D eigenvalue weighted by Crippen LogP contribution is 2.46. The van der Waals surface area contributed by atoms with Gasteiger partial charge in [-0.2, -0.15) is 24.9 Å². The predicted octanol–water partition coefficient (Wildman–Crippen LogP) is 4.08. The first-order chi connectivity index (χ1) is 10.5. The zero-order valence-electron chi connectivity index (χ0n) is 13.3. The Kier molecular flexibility index (Phi) is 4.93. The van der Waals surface area contributed by atoms with E-state index in [-0.39, 0.29) is 0 Å². The van der Waals surface area contributed by atoms with E-state index in [9.17, 15) is 22.7 Å². The second-order valence-electron chi connectivity index (χ2n) is 6.56. The molecule has 0 spiro atoms. The van der Waals surface area contributed by atoms with Gasteiger partial charge >= 0.3 is 6.18 Å². The zero-order chi connectivity index (χ0) is 17.5. The molecule has 23 heavy (non-hydrogen) atoms. The van der Waals surface area contributed by atoms with Crippen molar-refractivity contribution in [2.75, 3.05) is 18.6 Å². The van der Waals surface area contributed by atoms with Crippen molar-refractivity contribution in [2.24, 2.45) is 0 Å². The number of aliphatic hydroxyl groups is 1. The second kappa shape index (κ2) is 6.16. The van der Waals surface area contributed by atoms with Crippen molar-refractivity contribution in [3.8, 4) is 5.75 Å². The number of fused-ring (bicyclic) bond motifs is 1. The van der Waals surface area contributed by atoms with Crippen molar-refractivity contribution in [3.63, 3.8) is 0 Å². The van der Waals surface area contributed by atoms with Crippen LogP contribution in [0.5, 0.6) is 5.75 Å². The number of thioether (sulfide) groups is 1. The largest absolute Gasteiger partial charge is 0.493 e. The Morgan fingerprint density at radius 1 is 1.26 bits per heavy atom. The summed E-state index contributed by atoms with van der Waals surface area (Å²) < 4.78 is 59.3. The predicted molar refractivity (Wildman–Crippen MR) is 82.6 cm³/mol. The van der Waals surface area contributed by atoms with Gasteiger partial charge in [-0.05, 0) is 30.2 Å². The molecule has 1 atom stereocenters. The van der Waals surface area contributed by atoms with Crippen molar-refractivity contribution < 1.29 is 27.4 Å². The van der Waals surface area contributed by atoms with Gasteiger partial charge in [-0.15, -0.1) is 0 Å². The van der Waals surface area contributed by atoms with Gasteiger partial charge in [0.1, 0.15) is 11.6 Å². The molecule has 1 aliphatic rings. The van der Waals surface area contributed by atoms with E-state index in [1.165, 1.54) is 18.4 Å². The molecular weight excluding hydrogens is 332 g/mol. The van der Waals surface area contributed by atoms with E-state index in [1.807, 2.05) is 0 Å². The summed E-state index contributed by atoms with van der Waals surface area (Å²) in [7, 11) is 0. The van der Waals surface area contributed by atoms with E-state index in [0.717, 1.165) is 11.8 Å². The van der Waals surface area contributed by atoms with Crippen molar-refractivity contribution in [1.29, 1.82) is 0 Å². The van der Waals surface area contributed by atoms with Crippen LogP contribution in [0.2, 0.25) is 0 Å². The fourth-order valence-electron chi connectivity index (χ4n) is 3.07. The minimum absolute atomic E-state index is 0.369. The van der Waals surface area contributed by atoms with Crippen LogP contribution >= 0.6 is 11.8 Å². The van der Waals surface area contributed by atoms with Crippen LogP contribution in [0.1, 0.15) is 31.4 Å². The molecule has 0 saturated carbocycles. The number of benzene rings is 1. The van der Waals surface area contributed by atoms with Gasteiger partial charge in [-0.25, -0.2) is 4.39 Å². The maximum Gasteiger partial charge on any atom is 0.418 e. The maximum atomic E-state index is 13.8. The number of halogens is 4. The zero-order valence-corrected chi connectivity index (χ0v) is 14.1. The third-order valence-electron chi connectivity index (χ3n) is 4.12. The summed E-state index contributed by atoms with van der Waals surface area (Å²) in [6.45, 7) is 3.53. The van der Waals surface area contributed by atoms with Gasteiger partial charge in [-0.3, -0.25) is 0 Å². The number of alkyl halides is 3. The molecule has 130 valence electrons. The van der Waals surface area contributed by atoms with Crippen LogP contribution in [-0.4, -0.2) is 35.5 Å². The lowest BCUT2D eigenvalue weighted by molar-refractivity contribution is -0.256. The van der Waals surface area contributed by atoms with Crippen LogP contribution in [-0.2, 0) is 11.8 Å². The molecule has 0 amide bonds. The van der Waals surface area contributed by atoms with Crippen LogP contribution < -0.4 is 4.74 Å². The van der Waals surface area contributed by atoms with E-state index in [2.05, 4.69) is 0 Å². The number of hydrogen-bond acceptors (Lipinski definition) is 3. The smallest absolute Gasteiger partial charge is 0.418 e. The van der Waals surface area contributed by atoms with Gasteiger partial charge < -0.3 is 9.84 Å². The highest BCUT2D eigenvalue weighted by Gasteiger charge is 2.55. The highest BCUT2D eigenvalue weighted by molar-refractivity contribution is 7.98. The lowest BCUT2D eigenvalue weighted by Crippen LogP contribution is -2.51. The fraction of sp³-hybridized carbons (Fsp3) is 0.625. The van der Waals surface area contributed by atoms with Gasteiger partial charge in [0.05, 0.1) is 6.61 Å². The molecule has 0 radical (unpaired) electrons. The molecule has 1 aromatic carbocycles. The normalized spacial score (nSPS) is 17.6. The minimum atomic E-state index is -4.76. The molecule has 1 N–H and O–H groups in total. The van der Waals surface area contributed by atoms with E-state index in [1.54, 1.807) is 13.8 Å². The lowest BCUT2D eigenvalue weighted by Gasteiger charge is -2.38. The summed E-state index contributed by atoms with van der Waals surface area (Å²) in [6, 6.07) is 2.56. The van der Waals surface area contributed by atoms with Crippen LogP contribution in [0.15, 0.2) is 12.1 Å². The topological polar surface area (TPSA) is 29.5 Å². The standard InChI is InChI=1S/C16H20F4O2S/c1-14(2,8-15(21,9-23-3)16(18,19)20)12-7-11(17)6-10-4-5-22-13(10)12/h6-7,21H,4-5,8-9H2,1-3H3/t15-/m0/s1. The van der Waals surface area contributed by atoms with Crippen molar-refractivity contribution in [1.82, 2.24) is 0 Å². The molecule has 1 aromatic rings. The van der Waals surface area contributed by atoms with Gasteiger partial charge in [-0.1, -0.05) is 13.8 Å². The first-order valence-corrected chi connectivity index (χ1v) is 8.63. The first-order valence-electron chi connectivity index (χ1n) is 7.24. The molecule has 1 heterocycles. The van der Waals surface area contributed by atoms with Gasteiger partial charge in [0.15, 0.2) is 5.60 Å². The molecule has 2 nitrogen and oxygen atoms in total. The van der Waals surface area contributed by atoms with Gasteiger partial charge in [0.25, 0.3) is 0 Å². The summed E-state index contributed by atoms with van der Waals surface area (Å²) in [4.78, 5) is 0. The molecule has 0 aromatic heterocycles. The molecule has 2 rings (SSSR count). The summed E-state index contributed by atoms with van der Waals surface area (Å²) >= 11 is 0.925. The van der Waals surface area contributed by atoms with E-state index >= 15 is 0 Å². The molecule has 0 bridgehead atoms. The minimum Gasteiger partial charge on any atom is -0.493 e. The summed E-state index contributed by atoms with van der Waals surface area (Å²) in [5.41, 5.74) is -2.91. The van der Waals surface area contributed by atoms with Crippen LogP contribution in [0.4, 0.5) is 17.6 Å². The summed E-state index contributed by atoms with van der Waals surface area (Å²) in [5.74, 6) is -0.527. The molecule has 0 saturated heterocycles. The number of rotatable bonds is 5. The van der Waals surface area contributed by atoms with E-state index < -0.39 is 35.2 Å². The Morgan fingerprint density at radius 2 is 1.91 bits per heavy atom. The Balaban J connectivity index is 2.42. The molecule has 0 unspecified atom stereocenters. The van der Waals surface area contributed by atoms with Crippen molar-refractivity contribution >= 4 is 11.8 Å². The molecule has 7 heteroatoms. The Bertz CT molecular complexity index is 586. The SMILES string of the molecule is CSC[C@@](O)(CC(C)(C)c1cc(F)cc2c1OCC2)C(F)(F)F. The Morgan fingerprint density at radius 3 is 2.48 bits per heavy atom. The van der Waals surface area contributed by atoms with Crippen LogP contribution in [0, 0.1) is 5.82 Å². The molecule has 0 fully saturated rings. The van der Waals surface area contributed by atoms with Gasteiger partial charge in [0.2, 0.25) is 0 Å². The molecule has 1 aliphatic heterocycles. The highest BCUT2D eigenvalue weighted by atomic mass is 32.2. The Labute approximate surface area is 137 Å².